The van der Waals surface area contributed by atoms with Crippen LogP contribution in [0, 0.1) is 0 Å². The second-order valence-corrected chi connectivity index (χ2v) is 3.98. The normalized spacial score (nSPS) is 11.2. The average molecular weight is 227 g/mol. The Labute approximate surface area is 92.7 Å². The van der Waals surface area contributed by atoms with E-state index in [1.54, 1.807) is 0 Å². The van der Waals surface area contributed by atoms with Crippen molar-refractivity contribution in [3.05, 3.63) is 23.8 Å². The molecule has 88 valence electrons. The molecule has 5 heteroatoms. The van der Waals surface area contributed by atoms with Gasteiger partial charge in [0.25, 0.3) is 5.91 Å². The number of carbonyl (C=O) groups is 1. The van der Waals surface area contributed by atoms with Crippen molar-refractivity contribution in [2.45, 2.75) is 26.1 Å². The van der Waals surface area contributed by atoms with Gasteiger partial charge in [0.1, 0.15) is 0 Å². The lowest BCUT2D eigenvalue weighted by molar-refractivity contribution is -0.130. The summed E-state index contributed by atoms with van der Waals surface area (Å²) < 4.78 is 13.1. The first-order chi connectivity index (χ1) is 7.30. The summed E-state index contributed by atoms with van der Waals surface area (Å²) in [6.07, 6.45) is 0. The predicted molar refractivity (Wildman–Crippen MR) is 56.8 cm³/mol. The molecule has 0 atom stereocenters. The van der Waals surface area contributed by atoms with Crippen LogP contribution in [-0.2, 0) is 11.3 Å². The van der Waals surface area contributed by atoms with Crippen molar-refractivity contribution in [1.82, 2.24) is 5.32 Å². The highest BCUT2D eigenvalue weighted by Crippen LogP contribution is 2.24. The summed E-state index contributed by atoms with van der Waals surface area (Å²) in [4.78, 5) is 11.2. The van der Waals surface area contributed by atoms with Crippen LogP contribution in [0.15, 0.2) is 18.2 Å². The van der Waals surface area contributed by atoms with Crippen molar-refractivity contribution >= 4 is 5.91 Å². The van der Waals surface area contributed by atoms with E-state index in [-0.39, 0.29) is 18.0 Å². The number of alkyl halides is 1. The zero-order chi connectivity index (χ0) is 12.3. The molecule has 0 spiro atoms. The molecule has 0 saturated heterocycles. The quantitative estimate of drug-likeness (QED) is 0.685. The SMILES string of the molecule is CC(C)(F)C(=O)NCc1ccc(O)c(O)c1. The molecular weight excluding hydrogens is 213 g/mol. The molecule has 0 radical (unpaired) electrons. The molecule has 16 heavy (non-hydrogen) atoms. The molecule has 0 aliphatic rings. The zero-order valence-corrected chi connectivity index (χ0v) is 9.12. The molecule has 3 N–H and O–H groups in total. The van der Waals surface area contributed by atoms with Crippen LogP contribution in [0.3, 0.4) is 0 Å². The zero-order valence-electron chi connectivity index (χ0n) is 9.12. The minimum atomic E-state index is -1.93. The van der Waals surface area contributed by atoms with Gasteiger partial charge in [-0.1, -0.05) is 6.07 Å². The molecule has 0 fully saturated rings. The first kappa shape index (κ1) is 12.3. The van der Waals surface area contributed by atoms with E-state index in [1.807, 2.05) is 0 Å². The standard InChI is InChI=1S/C11H14FNO3/c1-11(2,12)10(16)13-6-7-3-4-8(14)9(15)5-7/h3-5,14-15H,6H2,1-2H3,(H,13,16). The lowest BCUT2D eigenvalue weighted by Crippen LogP contribution is -2.38. The summed E-state index contributed by atoms with van der Waals surface area (Å²) in [5.74, 6) is -1.23. The van der Waals surface area contributed by atoms with Crippen molar-refractivity contribution in [3.63, 3.8) is 0 Å². The molecular formula is C11H14FNO3. The molecule has 0 heterocycles. The van der Waals surface area contributed by atoms with Gasteiger partial charge in [-0.3, -0.25) is 4.79 Å². The molecule has 0 aliphatic carbocycles. The average Bonchev–Trinajstić information content (AvgIpc) is 2.18. The minimum Gasteiger partial charge on any atom is -0.504 e. The first-order valence-corrected chi connectivity index (χ1v) is 4.79. The maximum atomic E-state index is 13.1. The first-order valence-electron chi connectivity index (χ1n) is 4.79. The van der Waals surface area contributed by atoms with Gasteiger partial charge in [0.05, 0.1) is 0 Å². The Bertz CT molecular complexity index is 399. The van der Waals surface area contributed by atoms with Crippen LogP contribution in [-0.4, -0.2) is 21.8 Å². The Morgan fingerprint density at radius 2 is 2.00 bits per heavy atom. The molecule has 0 aromatic heterocycles. The van der Waals surface area contributed by atoms with Crippen molar-refractivity contribution in [2.24, 2.45) is 0 Å². The van der Waals surface area contributed by atoms with Gasteiger partial charge in [0.2, 0.25) is 0 Å². The van der Waals surface area contributed by atoms with Crippen molar-refractivity contribution < 1.29 is 19.4 Å². The fourth-order valence-corrected chi connectivity index (χ4v) is 1.07. The molecule has 1 aromatic rings. The number of aromatic hydroxyl groups is 2. The van der Waals surface area contributed by atoms with E-state index in [4.69, 9.17) is 5.11 Å². The van der Waals surface area contributed by atoms with Crippen LogP contribution >= 0.6 is 0 Å². The minimum absolute atomic E-state index is 0.0972. The summed E-state index contributed by atoms with van der Waals surface area (Å²) in [6.45, 7) is 2.42. The van der Waals surface area contributed by atoms with Crippen LogP contribution in [0.25, 0.3) is 0 Å². The van der Waals surface area contributed by atoms with Gasteiger partial charge in [-0.05, 0) is 31.5 Å². The Hall–Kier alpha value is -1.78. The monoisotopic (exact) mass is 227 g/mol. The molecule has 1 amide bonds. The summed E-state index contributed by atoms with van der Waals surface area (Å²) in [6, 6.07) is 4.14. The number of carbonyl (C=O) groups excluding carboxylic acids is 1. The second kappa shape index (κ2) is 4.38. The Morgan fingerprint density at radius 1 is 1.38 bits per heavy atom. The Kier molecular flexibility index (Phi) is 3.37. The third-order valence-electron chi connectivity index (χ3n) is 2.03. The molecule has 1 aromatic carbocycles. The Morgan fingerprint density at radius 3 is 2.50 bits per heavy atom. The van der Waals surface area contributed by atoms with Gasteiger partial charge in [0, 0.05) is 6.54 Å². The van der Waals surface area contributed by atoms with Crippen LogP contribution in [0.1, 0.15) is 19.4 Å². The van der Waals surface area contributed by atoms with E-state index in [0.29, 0.717) is 5.56 Å². The molecule has 0 bridgehead atoms. The van der Waals surface area contributed by atoms with Gasteiger partial charge in [-0.2, -0.15) is 0 Å². The highest BCUT2D eigenvalue weighted by molar-refractivity contribution is 5.84. The smallest absolute Gasteiger partial charge is 0.257 e. The molecule has 1 rings (SSSR count). The van der Waals surface area contributed by atoms with Gasteiger partial charge in [-0.25, -0.2) is 4.39 Å². The number of nitrogens with one attached hydrogen (secondary N) is 1. The van der Waals surface area contributed by atoms with Gasteiger partial charge in [-0.15, -0.1) is 0 Å². The number of phenols is 2. The maximum absolute atomic E-state index is 13.1. The maximum Gasteiger partial charge on any atom is 0.257 e. The van der Waals surface area contributed by atoms with Gasteiger partial charge >= 0.3 is 0 Å². The van der Waals surface area contributed by atoms with Crippen molar-refractivity contribution in [2.75, 3.05) is 0 Å². The van der Waals surface area contributed by atoms with E-state index in [1.165, 1.54) is 18.2 Å². The van der Waals surface area contributed by atoms with Crippen LogP contribution in [0.5, 0.6) is 11.5 Å². The molecule has 0 aliphatic heterocycles. The van der Waals surface area contributed by atoms with Gasteiger partial charge in [0.15, 0.2) is 17.2 Å². The number of benzene rings is 1. The number of rotatable bonds is 3. The van der Waals surface area contributed by atoms with Gasteiger partial charge < -0.3 is 15.5 Å². The third-order valence-corrected chi connectivity index (χ3v) is 2.03. The van der Waals surface area contributed by atoms with Crippen molar-refractivity contribution in [3.8, 4) is 11.5 Å². The van der Waals surface area contributed by atoms with Crippen LogP contribution in [0.2, 0.25) is 0 Å². The summed E-state index contributed by atoms with van der Waals surface area (Å²) in [5, 5.41) is 20.6. The number of hydrogen-bond donors (Lipinski definition) is 3. The molecule has 0 saturated carbocycles. The predicted octanol–water partition coefficient (Wildman–Crippen LogP) is 1.46. The van der Waals surface area contributed by atoms with E-state index < -0.39 is 11.6 Å². The van der Waals surface area contributed by atoms with E-state index in [0.717, 1.165) is 13.8 Å². The van der Waals surface area contributed by atoms with Crippen LogP contribution < -0.4 is 5.32 Å². The van der Waals surface area contributed by atoms with Crippen molar-refractivity contribution in [1.29, 1.82) is 0 Å². The number of amides is 1. The summed E-state index contributed by atoms with van der Waals surface area (Å²) in [5.41, 5.74) is -1.35. The van der Waals surface area contributed by atoms with E-state index in [9.17, 15) is 14.3 Å². The van der Waals surface area contributed by atoms with Crippen LogP contribution in [0.4, 0.5) is 4.39 Å². The van der Waals surface area contributed by atoms with E-state index >= 15 is 0 Å². The summed E-state index contributed by atoms with van der Waals surface area (Å²) >= 11 is 0. The second-order valence-electron chi connectivity index (χ2n) is 3.98. The number of hydrogen-bond acceptors (Lipinski definition) is 3. The topological polar surface area (TPSA) is 69.6 Å². The highest BCUT2D eigenvalue weighted by Gasteiger charge is 2.25. The molecule has 0 unspecified atom stereocenters. The lowest BCUT2D eigenvalue weighted by atomic mass is 10.1. The largest absolute Gasteiger partial charge is 0.504 e. The number of phenolic OH excluding ortho intramolecular Hbond substituents is 2. The Balaban J connectivity index is 2.62. The highest BCUT2D eigenvalue weighted by atomic mass is 19.1. The summed E-state index contributed by atoms with van der Waals surface area (Å²) in [7, 11) is 0. The van der Waals surface area contributed by atoms with E-state index in [2.05, 4.69) is 5.32 Å². The lowest BCUT2D eigenvalue weighted by Gasteiger charge is -2.14. The third kappa shape index (κ3) is 3.12. The molecule has 4 nitrogen and oxygen atoms in total. The fourth-order valence-electron chi connectivity index (χ4n) is 1.07. The fraction of sp³-hybridized carbons (Fsp3) is 0.364. The number of halogens is 1.